The highest BCUT2D eigenvalue weighted by molar-refractivity contribution is 9.10. The fraction of sp³-hybridized carbons (Fsp3) is 0.400. The third-order valence-corrected chi connectivity index (χ3v) is 2.99. The summed E-state index contributed by atoms with van der Waals surface area (Å²) in [4.78, 5) is 5.53. The van der Waals surface area contributed by atoms with Crippen LogP contribution in [0.15, 0.2) is 22.7 Å². The lowest BCUT2D eigenvalue weighted by Crippen LogP contribution is -2.30. The van der Waals surface area contributed by atoms with Crippen LogP contribution < -0.4 is 10.8 Å². The van der Waals surface area contributed by atoms with Crippen molar-refractivity contribution in [2.24, 2.45) is 0 Å². The molecule has 0 aromatic heterocycles. The van der Waals surface area contributed by atoms with Gasteiger partial charge in [0.15, 0.2) is 0 Å². The Balaban J connectivity index is 2.26. The Morgan fingerprint density at radius 1 is 1.36 bits per heavy atom. The van der Waals surface area contributed by atoms with Crippen LogP contribution in [0.2, 0.25) is 0 Å². The minimum Gasteiger partial charge on any atom is -0.396 e. The molecule has 0 amide bonds. The van der Waals surface area contributed by atoms with E-state index in [1.807, 2.05) is 23.3 Å². The number of nitrogen functional groups attached to an aromatic ring is 1. The van der Waals surface area contributed by atoms with Gasteiger partial charge in [0.05, 0.1) is 18.0 Å². The number of nitrogens with zero attached hydrogens (tertiary/aromatic N) is 1. The van der Waals surface area contributed by atoms with Crippen LogP contribution in [0.4, 0.5) is 11.4 Å². The fourth-order valence-electron chi connectivity index (χ4n) is 1.53. The van der Waals surface area contributed by atoms with E-state index >= 15 is 0 Å². The number of hydroxylamine groups is 1. The normalized spacial score (nSPS) is 17.1. The van der Waals surface area contributed by atoms with E-state index < -0.39 is 0 Å². The summed E-state index contributed by atoms with van der Waals surface area (Å²) in [5.41, 5.74) is 7.65. The van der Waals surface area contributed by atoms with Crippen LogP contribution in [0.5, 0.6) is 0 Å². The lowest BCUT2D eigenvalue weighted by atomic mass is 10.2. The van der Waals surface area contributed by atoms with E-state index in [9.17, 15) is 0 Å². The number of anilines is 2. The molecule has 0 saturated carbocycles. The summed E-state index contributed by atoms with van der Waals surface area (Å²) in [7, 11) is 0. The summed E-state index contributed by atoms with van der Waals surface area (Å²) >= 11 is 3.41. The van der Waals surface area contributed by atoms with Gasteiger partial charge in [-0.1, -0.05) is 6.07 Å². The number of halogens is 1. The minimum absolute atomic E-state index is 0.745. The van der Waals surface area contributed by atoms with Crippen LogP contribution in [-0.4, -0.2) is 13.2 Å². The second-order valence-electron chi connectivity index (χ2n) is 3.32. The monoisotopic (exact) mass is 256 g/mol. The summed E-state index contributed by atoms with van der Waals surface area (Å²) < 4.78 is 0.921. The van der Waals surface area contributed by atoms with Crippen molar-refractivity contribution in [3.05, 3.63) is 22.7 Å². The molecule has 2 rings (SSSR count). The van der Waals surface area contributed by atoms with Gasteiger partial charge in [0.2, 0.25) is 0 Å². The van der Waals surface area contributed by atoms with Crippen molar-refractivity contribution in [3.63, 3.8) is 0 Å². The Hall–Kier alpha value is -0.740. The van der Waals surface area contributed by atoms with E-state index in [1.54, 1.807) is 0 Å². The second-order valence-corrected chi connectivity index (χ2v) is 4.17. The molecule has 1 aliphatic rings. The van der Waals surface area contributed by atoms with Gasteiger partial charge in [0.25, 0.3) is 0 Å². The van der Waals surface area contributed by atoms with Gasteiger partial charge < -0.3 is 5.73 Å². The Morgan fingerprint density at radius 2 is 2.21 bits per heavy atom. The highest BCUT2D eigenvalue weighted by atomic mass is 79.9. The summed E-state index contributed by atoms with van der Waals surface area (Å²) in [6, 6.07) is 5.88. The van der Waals surface area contributed by atoms with E-state index in [4.69, 9.17) is 10.6 Å². The molecule has 76 valence electrons. The van der Waals surface area contributed by atoms with Gasteiger partial charge in [-0.15, -0.1) is 0 Å². The highest BCUT2D eigenvalue weighted by Gasteiger charge is 2.15. The zero-order valence-electron chi connectivity index (χ0n) is 7.87. The number of hydrogen-bond donors (Lipinski definition) is 1. The average Bonchev–Trinajstić information content (AvgIpc) is 2.23. The van der Waals surface area contributed by atoms with E-state index in [1.165, 1.54) is 0 Å². The van der Waals surface area contributed by atoms with Crippen molar-refractivity contribution in [1.82, 2.24) is 0 Å². The first-order chi connectivity index (χ1) is 6.79. The molecule has 1 fully saturated rings. The summed E-state index contributed by atoms with van der Waals surface area (Å²) in [5, 5.41) is 1.88. The van der Waals surface area contributed by atoms with E-state index in [2.05, 4.69) is 15.9 Å². The maximum absolute atomic E-state index is 5.94. The maximum atomic E-state index is 5.94. The van der Waals surface area contributed by atoms with Crippen LogP contribution in [0.3, 0.4) is 0 Å². The molecule has 3 nitrogen and oxygen atoms in total. The van der Waals surface area contributed by atoms with Gasteiger partial charge in [-0.25, -0.2) is 0 Å². The smallest absolute Gasteiger partial charge is 0.0877 e. The van der Waals surface area contributed by atoms with Gasteiger partial charge in [0, 0.05) is 11.0 Å². The van der Waals surface area contributed by atoms with Crippen LogP contribution in [0, 0.1) is 0 Å². The van der Waals surface area contributed by atoms with Gasteiger partial charge >= 0.3 is 0 Å². The molecular formula is C10H13BrN2O. The number of nitrogens with two attached hydrogens (primary N) is 1. The molecule has 1 aromatic rings. The van der Waals surface area contributed by atoms with E-state index in [0.29, 0.717) is 0 Å². The van der Waals surface area contributed by atoms with Gasteiger partial charge in [0.1, 0.15) is 0 Å². The molecule has 1 saturated heterocycles. The van der Waals surface area contributed by atoms with Crippen molar-refractivity contribution in [3.8, 4) is 0 Å². The molecule has 0 unspecified atom stereocenters. The van der Waals surface area contributed by atoms with Crippen LogP contribution in [0.1, 0.15) is 12.8 Å². The second kappa shape index (κ2) is 4.19. The quantitative estimate of drug-likeness (QED) is 0.786. The molecule has 0 bridgehead atoms. The van der Waals surface area contributed by atoms with Crippen molar-refractivity contribution in [2.75, 3.05) is 23.9 Å². The topological polar surface area (TPSA) is 38.5 Å². The lowest BCUT2D eigenvalue weighted by molar-refractivity contribution is 0.0781. The van der Waals surface area contributed by atoms with Gasteiger partial charge in [-0.3, -0.25) is 9.90 Å². The van der Waals surface area contributed by atoms with Crippen molar-refractivity contribution < 1.29 is 4.84 Å². The zero-order chi connectivity index (χ0) is 9.97. The standard InChI is InChI=1S/C10H13BrN2O/c11-8-4-3-5-9(10(8)12)13-6-1-2-7-14-13/h3-5H,1-2,6-7,12H2. The highest BCUT2D eigenvalue weighted by Crippen LogP contribution is 2.31. The van der Waals surface area contributed by atoms with Crippen molar-refractivity contribution in [2.45, 2.75) is 12.8 Å². The van der Waals surface area contributed by atoms with Crippen molar-refractivity contribution in [1.29, 1.82) is 0 Å². The number of benzene rings is 1. The fourth-order valence-corrected chi connectivity index (χ4v) is 1.89. The summed E-state index contributed by atoms with van der Waals surface area (Å²) in [6.07, 6.45) is 2.29. The third-order valence-electron chi connectivity index (χ3n) is 2.30. The molecule has 4 heteroatoms. The number of hydrogen-bond acceptors (Lipinski definition) is 3. The molecule has 1 aliphatic heterocycles. The average molecular weight is 257 g/mol. The molecule has 0 spiro atoms. The predicted octanol–water partition coefficient (Wildman–Crippen LogP) is 2.56. The summed E-state index contributed by atoms with van der Waals surface area (Å²) in [6.45, 7) is 1.70. The molecular weight excluding hydrogens is 244 g/mol. The first-order valence-electron chi connectivity index (χ1n) is 4.73. The lowest BCUT2D eigenvalue weighted by Gasteiger charge is -2.29. The number of para-hydroxylation sites is 1. The third kappa shape index (κ3) is 1.86. The Labute approximate surface area is 91.9 Å². The Kier molecular flexibility index (Phi) is 2.93. The molecule has 0 atom stereocenters. The van der Waals surface area contributed by atoms with Crippen LogP contribution in [-0.2, 0) is 4.84 Å². The van der Waals surface area contributed by atoms with Gasteiger partial charge in [-0.05, 0) is 40.9 Å². The first kappa shape index (κ1) is 9.80. The van der Waals surface area contributed by atoms with Crippen LogP contribution >= 0.6 is 15.9 Å². The summed E-state index contributed by atoms with van der Waals surface area (Å²) in [5.74, 6) is 0. The molecule has 0 radical (unpaired) electrons. The van der Waals surface area contributed by atoms with E-state index in [0.717, 1.165) is 41.8 Å². The predicted molar refractivity (Wildman–Crippen MR) is 61.1 cm³/mol. The molecule has 1 aromatic carbocycles. The van der Waals surface area contributed by atoms with Crippen molar-refractivity contribution >= 4 is 27.3 Å². The first-order valence-corrected chi connectivity index (χ1v) is 5.53. The maximum Gasteiger partial charge on any atom is 0.0877 e. The minimum atomic E-state index is 0.745. The van der Waals surface area contributed by atoms with E-state index in [-0.39, 0.29) is 0 Å². The molecule has 14 heavy (non-hydrogen) atoms. The molecule has 1 heterocycles. The Bertz CT molecular complexity index is 324. The molecule has 2 N–H and O–H groups in total. The molecule has 0 aliphatic carbocycles. The zero-order valence-corrected chi connectivity index (χ0v) is 9.46. The Morgan fingerprint density at radius 3 is 2.93 bits per heavy atom. The van der Waals surface area contributed by atoms with Gasteiger partial charge in [-0.2, -0.15) is 0 Å². The number of rotatable bonds is 1. The largest absolute Gasteiger partial charge is 0.396 e. The van der Waals surface area contributed by atoms with Crippen LogP contribution in [0.25, 0.3) is 0 Å². The SMILES string of the molecule is Nc1c(Br)cccc1N1CCCCO1.